The van der Waals surface area contributed by atoms with Gasteiger partial charge in [0.05, 0.1) is 5.39 Å². The molecule has 9 nitrogen and oxygen atoms in total. The van der Waals surface area contributed by atoms with E-state index in [-0.39, 0.29) is 5.82 Å². The monoisotopic (exact) mass is 461 g/mol. The quantitative estimate of drug-likeness (QED) is 0.614. The molecule has 31 heavy (non-hydrogen) atoms. The molecule has 0 atom stereocenters. The average molecular weight is 462 g/mol. The molecule has 0 bridgehead atoms. The van der Waals surface area contributed by atoms with E-state index in [1.807, 2.05) is 25.1 Å². The summed E-state index contributed by atoms with van der Waals surface area (Å²) >= 11 is 1.33. The number of benzene rings is 1. The number of hydrogen-bond donors (Lipinski definition) is 1. The van der Waals surface area contributed by atoms with Crippen LogP contribution in [0.15, 0.2) is 40.5 Å². The van der Waals surface area contributed by atoms with Crippen molar-refractivity contribution in [3.05, 3.63) is 57.5 Å². The number of hydrogen-bond acceptors (Lipinski definition) is 7. The second-order valence-corrected chi connectivity index (χ2v) is 10.3. The summed E-state index contributed by atoms with van der Waals surface area (Å²) < 4.78 is 27.9. The number of anilines is 1. The summed E-state index contributed by atoms with van der Waals surface area (Å²) in [4.78, 5) is 32.0. The molecule has 1 N–H and O–H groups in total. The Morgan fingerprint density at radius 2 is 1.90 bits per heavy atom. The van der Waals surface area contributed by atoms with Crippen LogP contribution in [0.5, 0.6) is 0 Å². The Kier molecular flexibility index (Phi) is 5.82. The maximum absolute atomic E-state index is 12.8. The first-order valence-corrected chi connectivity index (χ1v) is 12.3. The minimum absolute atomic E-state index is 0.289. The number of carbonyl (C=O) groups is 1. The smallest absolute Gasteiger partial charge is 0.281 e. The van der Waals surface area contributed by atoms with Crippen molar-refractivity contribution in [2.45, 2.75) is 13.8 Å². The molecule has 2 aromatic heterocycles. The van der Waals surface area contributed by atoms with Crippen molar-refractivity contribution in [2.24, 2.45) is 0 Å². The minimum Gasteiger partial charge on any atom is -0.369 e. The van der Waals surface area contributed by atoms with Crippen LogP contribution in [0.25, 0.3) is 10.2 Å². The summed E-state index contributed by atoms with van der Waals surface area (Å²) in [6.07, 6.45) is 0. The predicted octanol–water partition coefficient (Wildman–Crippen LogP) is 1.30. The number of fused-ring (bicyclic) bond motifs is 1. The van der Waals surface area contributed by atoms with Crippen molar-refractivity contribution in [2.75, 3.05) is 42.3 Å². The number of thiophene rings is 1. The first kappa shape index (κ1) is 21.5. The Balaban J connectivity index is 1.41. The van der Waals surface area contributed by atoms with Gasteiger partial charge in [0.15, 0.2) is 0 Å². The highest BCUT2D eigenvalue weighted by molar-refractivity contribution is 7.89. The Morgan fingerprint density at radius 3 is 2.61 bits per heavy atom. The molecule has 0 spiro atoms. The predicted molar refractivity (Wildman–Crippen MR) is 122 cm³/mol. The molecular formula is C20H23N5O4S2. The summed E-state index contributed by atoms with van der Waals surface area (Å²) in [5.74, 6) is -1.22. The van der Waals surface area contributed by atoms with Gasteiger partial charge in [-0.25, -0.2) is 18.1 Å². The van der Waals surface area contributed by atoms with Gasteiger partial charge in [0, 0.05) is 31.9 Å². The fraction of sp³-hybridized carbons (Fsp3) is 0.350. The molecule has 1 amide bonds. The van der Waals surface area contributed by atoms with E-state index >= 15 is 0 Å². The third kappa shape index (κ3) is 4.48. The normalized spacial score (nSPS) is 15.4. The molecule has 3 heterocycles. The third-order valence-electron chi connectivity index (χ3n) is 5.21. The van der Waals surface area contributed by atoms with Crippen LogP contribution in [0.4, 0.5) is 5.69 Å². The molecule has 0 radical (unpaired) electrons. The SMILES string of the molecule is Cc1cccc(N2CCN(S(=O)(=O)CC(=O)Nn3c(C)nc4sccc4c3=O)CC2)c1. The fourth-order valence-electron chi connectivity index (χ4n) is 3.61. The number of nitrogens with one attached hydrogen (secondary N) is 1. The number of nitrogens with zero attached hydrogens (tertiary/aromatic N) is 4. The van der Waals surface area contributed by atoms with E-state index in [1.54, 1.807) is 18.4 Å². The molecule has 1 aromatic carbocycles. The number of carbonyl (C=O) groups excluding carboxylic acids is 1. The van der Waals surface area contributed by atoms with E-state index in [9.17, 15) is 18.0 Å². The summed E-state index contributed by atoms with van der Waals surface area (Å²) in [6.45, 7) is 5.28. The average Bonchev–Trinajstić information content (AvgIpc) is 3.19. The third-order valence-corrected chi connectivity index (χ3v) is 7.80. The van der Waals surface area contributed by atoms with E-state index in [0.29, 0.717) is 36.4 Å². The van der Waals surface area contributed by atoms with Crippen molar-refractivity contribution >= 4 is 43.2 Å². The van der Waals surface area contributed by atoms with Crippen LogP contribution in [-0.2, 0) is 14.8 Å². The van der Waals surface area contributed by atoms with Crippen molar-refractivity contribution in [1.82, 2.24) is 14.0 Å². The second kappa shape index (κ2) is 8.40. The molecule has 1 fully saturated rings. The molecule has 164 valence electrons. The largest absolute Gasteiger partial charge is 0.369 e. The Bertz CT molecular complexity index is 1290. The number of piperazine rings is 1. The van der Waals surface area contributed by atoms with E-state index in [1.165, 1.54) is 15.6 Å². The second-order valence-electron chi connectivity index (χ2n) is 7.46. The van der Waals surface area contributed by atoms with E-state index < -0.39 is 27.2 Å². The standard InChI is InChI=1S/C20H23N5O4S2/c1-14-4-3-5-16(12-14)23-7-9-24(10-8-23)31(28,29)13-18(26)22-25-15(2)21-19-17(20(25)27)6-11-30-19/h3-6,11-12H,7-10,13H2,1-2H3,(H,22,26). The van der Waals surface area contributed by atoms with Gasteiger partial charge < -0.3 is 4.90 Å². The summed E-state index contributed by atoms with van der Waals surface area (Å²) in [5.41, 5.74) is 4.16. The van der Waals surface area contributed by atoms with Gasteiger partial charge in [0.2, 0.25) is 10.0 Å². The first-order chi connectivity index (χ1) is 14.7. The zero-order valence-electron chi connectivity index (χ0n) is 17.2. The van der Waals surface area contributed by atoms with Crippen molar-refractivity contribution in [1.29, 1.82) is 0 Å². The van der Waals surface area contributed by atoms with Crippen LogP contribution < -0.4 is 15.9 Å². The molecule has 1 aliphatic rings. The van der Waals surface area contributed by atoms with Gasteiger partial charge in [-0.05, 0) is 43.0 Å². The molecule has 0 unspecified atom stereocenters. The summed E-state index contributed by atoms with van der Waals surface area (Å²) in [5, 5.41) is 2.12. The molecule has 0 aliphatic carbocycles. The number of aromatic nitrogens is 2. The molecule has 3 aromatic rings. The van der Waals surface area contributed by atoms with Gasteiger partial charge >= 0.3 is 0 Å². The maximum Gasteiger partial charge on any atom is 0.281 e. The van der Waals surface area contributed by atoms with Gasteiger partial charge in [-0.2, -0.15) is 4.31 Å². The Morgan fingerprint density at radius 1 is 1.16 bits per heavy atom. The minimum atomic E-state index is -3.81. The summed E-state index contributed by atoms with van der Waals surface area (Å²) in [6, 6.07) is 9.69. The maximum atomic E-state index is 12.8. The van der Waals surface area contributed by atoms with Gasteiger partial charge in [-0.15, -0.1) is 11.3 Å². The fourth-order valence-corrected chi connectivity index (χ4v) is 5.71. The van der Waals surface area contributed by atoms with Crippen molar-refractivity contribution in [3.63, 3.8) is 0 Å². The van der Waals surface area contributed by atoms with Crippen LogP contribution in [-0.4, -0.2) is 60.2 Å². The molecule has 4 rings (SSSR count). The molecule has 11 heteroatoms. The first-order valence-electron chi connectivity index (χ1n) is 9.81. The lowest BCUT2D eigenvalue weighted by molar-refractivity contribution is -0.114. The highest BCUT2D eigenvalue weighted by Crippen LogP contribution is 2.19. The van der Waals surface area contributed by atoms with Gasteiger partial charge in [-0.1, -0.05) is 12.1 Å². The van der Waals surface area contributed by atoms with Crippen LogP contribution in [0.1, 0.15) is 11.4 Å². The number of amides is 1. The number of rotatable bonds is 5. The van der Waals surface area contributed by atoms with Crippen LogP contribution >= 0.6 is 11.3 Å². The van der Waals surface area contributed by atoms with Crippen LogP contribution in [0, 0.1) is 13.8 Å². The lowest BCUT2D eigenvalue weighted by Crippen LogP contribution is -2.50. The lowest BCUT2D eigenvalue weighted by atomic mass is 10.2. The zero-order chi connectivity index (χ0) is 22.2. The lowest BCUT2D eigenvalue weighted by Gasteiger charge is -2.35. The topological polar surface area (TPSA) is 105 Å². The van der Waals surface area contributed by atoms with Gasteiger partial charge in [-0.3, -0.25) is 15.0 Å². The van der Waals surface area contributed by atoms with Crippen molar-refractivity contribution < 1.29 is 13.2 Å². The molecule has 0 saturated carbocycles. The zero-order valence-corrected chi connectivity index (χ0v) is 18.9. The van der Waals surface area contributed by atoms with Gasteiger partial charge in [0.1, 0.15) is 16.4 Å². The van der Waals surface area contributed by atoms with E-state index in [0.717, 1.165) is 15.9 Å². The molecule has 1 saturated heterocycles. The highest BCUT2D eigenvalue weighted by Gasteiger charge is 2.29. The molecule has 1 aliphatic heterocycles. The van der Waals surface area contributed by atoms with Gasteiger partial charge in [0.25, 0.3) is 11.5 Å². The van der Waals surface area contributed by atoms with Crippen LogP contribution in [0.3, 0.4) is 0 Å². The summed E-state index contributed by atoms with van der Waals surface area (Å²) in [7, 11) is -3.81. The van der Waals surface area contributed by atoms with Crippen LogP contribution in [0.2, 0.25) is 0 Å². The number of sulfonamides is 1. The van der Waals surface area contributed by atoms with Crippen molar-refractivity contribution in [3.8, 4) is 0 Å². The van der Waals surface area contributed by atoms with E-state index in [4.69, 9.17) is 0 Å². The van der Waals surface area contributed by atoms with E-state index in [2.05, 4.69) is 21.4 Å². The highest BCUT2D eigenvalue weighted by atomic mass is 32.2. The number of aryl methyl sites for hydroxylation is 2. The Labute approximate surface area is 183 Å². The Hall–Kier alpha value is -2.76. The molecular weight excluding hydrogens is 438 g/mol.